The molecule has 0 aromatic carbocycles. The third-order valence-electron chi connectivity index (χ3n) is 4.60. The van der Waals surface area contributed by atoms with Gasteiger partial charge in [0.15, 0.2) is 8.32 Å². The first-order valence-electron chi connectivity index (χ1n) is 6.90. The van der Waals surface area contributed by atoms with Crippen molar-refractivity contribution in [2.24, 2.45) is 0 Å². The van der Waals surface area contributed by atoms with Gasteiger partial charge in [-0.15, -0.1) is 0 Å². The van der Waals surface area contributed by atoms with Crippen molar-refractivity contribution in [2.45, 2.75) is 70.1 Å². The van der Waals surface area contributed by atoms with Gasteiger partial charge < -0.3 is 14.3 Å². The molecule has 2 aliphatic rings. The van der Waals surface area contributed by atoms with E-state index in [9.17, 15) is 9.90 Å². The fourth-order valence-corrected chi connectivity index (χ4v) is 3.71. The Hall–Kier alpha value is -0.653. The molecule has 5 heteroatoms. The molecule has 0 saturated heterocycles. The van der Waals surface area contributed by atoms with Gasteiger partial charge in [-0.3, -0.25) is 0 Å². The summed E-state index contributed by atoms with van der Waals surface area (Å²) in [5, 5.41) is 10.7. The molecule has 1 N–H and O–H groups in total. The van der Waals surface area contributed by atoms with Gasteiger partial charge in [0.2, 0.25) is 0 Å². The van der Waals surface area contributed by atoms with E-state index in [0.717, 1.165) is 12.8 Å². The lowest BCUT2D eigenvalue weighted by Gasteiger charge is -2.45. The van der Waals surface area contributed by atoms with E-state index in [1.165, 1.54) is 6.08 Å². The summed E-state index contributed by atoms with van der Waals surface area (Å²) < 4.78 is 11.4. The Bertz CT molecular complexity index is 422. The number of carbonyl (C=O) groups is 1. The second kappa shape index (κ2) is 4.43. The van der Waals surface area contributed by atoms with Gasteiger partial charge in [0, 0.05) is 11.6 Å². The molecule has 0 aromatic heterocycles. The van der Waals surface area contributed by atoms with E-state index in [1.54, 1.807) is 0 Å². The highest BCUT2D eigenvalue weighted by Crippen LogP contribution is 2.44. The predicted molar refractivity (Wildman–Crippen MR) is 75.0 cm³/mol. The Morgan fingerprint density at radius 2 is 2.11 bits per heavy atom. The Kier molecular flexibility index (Phi) is 3.44. The fourth-order valence-electron chi connectivity index (χ4n) is 2.36. The summed E-state index contributed by atoms with van der Waals surface area (Å²) in [7, 11) is -2.00. The highest BCUT2D eigenvalue weighted by Gasteiger charge is 2.53. The first kappa shape index (κ1) is 14.7. The number of aliphatic hydroxyl groups is 1. The van der Waals surface area contributed by atoms with Crippen molar-refractivity contribution in [3.63, 3.8) is 0 Å². The number of esters is 1. The molecule has 0 spiro atoms. The van der Waals surface area contributed by atoms with Crippen LogP contribution >= 0.6 is 0 Å². The molecule has 2 rings (SSSR count). The summed E-state index contributed by atoms with van der Waals surface area (Å²) in [4.78, 5) is 11.4. The van der Waals surface area contributed by atoms with Gasteiger partial charge in [-0.1, -0.05) is 20.8 Å². The normalized spacial score (nSPS) is 31.8. The number of fused-ring (bicyclic) bond motifs is 1. The molecule has 108 valence electrons. The van der Waals surface area contributed by atoms with Crippen LogP contribution in [0.4, 0.5) is 0 Å². The van der Waals surface area contributed by atoms with E-state index in [1.807, 2.05) is 0 Å². The van der Waals surface area contributed by atoms with Crippen LogP contribution in [0.2, 0.25) is 18.1 Å². The Labute approximate surface area is 115 Å². The average molecular weight is 284 g/mol. The Balaban J connectivity index is 2.22. The molecule has 1 saturated carbocycles. The first-order valence-corrected chi connectivity index (χ1v) is 9.81. The quantitative estimate of drug-likeness (QED) is 0.626. The smallest absolute Gasteiger partial charge is 0.333 e. The van der Waals surface area contributed by atoms with E-state index < -0.39 is 26.2 Å². The lowest BCUT2D eigenvalue weighted by Crippen LogP contribution is -2.55. The zero-order valence-corrected chi connectivity index (χ0v) is 13.4. The summed E-state index contributed by atoms with van der Waals surface area (Å²) in [6.45, 7) is 10.8. The van der Waals surface area contributed by atoms with Gasteiger partial charge in [0.25, 0.3) is 5.79 Å². The summed E-state index contributed by atoms with van der Waals surface area (Å²) in [5.41, 5.74) is 0.674. The van der Waals surface area contributed by atoms with Crippen LogP contribution in [0.25, 0.3) is 0 Å². The zero-order chi connectivity index (χ0) is 14.5. The van der Waals surface area contributed by atoms with E-state index >= 15 is 0 Å². The maximum absolute atomic E-state index is 11.4. The van der Waals surface area contributed by atoms with Gasteiger partial charge in [-0.05, 0) is 37.4 Å². The number of rotatable bonds is 2. The minimum absolute atomic E-state index is 0.0628. The fraction of sp³-hybridized carbons (Fsp3) is 0.786. The maximum Gasteiger partial charge on any atom is 0.333 e. The van der Waals surface area contributed by atoms with E-state index in [-0.39, 0.29) is 5.04 Å². The molecule has 0 aromatic rings. The van der Waals surface area contributed by atoms with Crippen LogP contribution in [0.3, 0.4) is 0 Å². The van der Waals surface area contributed by atoms with E-state index in [4.69, 9.17) is 9.16 Å². The van der Waals surface area contributed by atoms with Gasteiger partial charge in [-0.2, -0.15) is 0 Å². The monoisotopic (exact) mass is 284 g/mol. The molecule has 1 aliphatic carbocycles. The van der Waals surface area contributed by atoms with Crippen LogP contribution in [-0.2, 0) is 14.0 Å². The molecule has 0 radical (unpaired) electrons. The first-order chi connectivity index (χ1) is 8.56. The Morgan fingerprint density at radius 1 is 1.47 bits per heavy atom. The van der Waals surface area contributed by atoms with Crippen molar-refractivity contribution >= 4 is 14.3 Å². The van der Waals surface area contributed by atoms with E-state index in [2.05, 4.69) is 33.9 Å². The zero-order valence-electron chi connectivity index (χ0n) is 12.4. The molecular formula is C14H24O4Si. The molecule has 1 aliphatic heterocycles. The van der Waals surface area contributed by atoms with Crippen molar-refractivity contribution < 1.29 is 19.1 Å². The summed E-state index contributed by atoms with van der Waals surface area (Å²) >= 11 is 0. The molecule has 0 bridgehead atoms. The second-order valence-electron chi connectivity index (χ2n) is 7.05. The van der Waals surface area contributed by atoms with Crippen LogP contribution < -0.4 is 0 Å². The standard InChI is InChI=1S/C14H24O4Si/c1-13(2,3)19(4,5)18-11-8-6-7-10-9-12(15)17-14(10,11)16/h9,11,16H,6-8H2,1-5H3/t11-,14-/m0/s1. The predicted octanol–water partition coefficient (Wildman–Crippen LogP) is 2.73. The van der Waals surface area contributed by atoms with Crippen molar-refractivity contribution in [1.82, 2.24) is 0 Å². The summed E-state index contributed by atoms with van der Waals surface area (Å²) in [6, 6.07) is 0. The molecule has 0 amide bonds. The highest BCUT2D eigenvalue weighted by molar-refractivity contribution is 6.74. The molecule has 2 atom stereocenters. The minimum atomic E-state index is -2.00. The van der Waals surface area contributed by atoms with Crippen LogP contribution in [0, 0.1) is 0 Å². The van der Waals surface area contributed by atoms with E-state index in [0.29, 0.717) is 12.0 Å². The Morgan fingerprint density at radius 3 is 2.68 bits per heavy atom. The lowest BCUT2D eigenvalue weighted by molar-refractivity contribution is -0.219. The topological polar surface area (TPSA) is 55.8 Å². The summed E-state index contributed by atoms with van der Waals surface area (Å²) in [5.74, 6) is -1.98. The van der Waals surface area contributed by atoms with Gasteiger partial charge >= 0.3 is 5.97 Å². The minimum Gasteiger partial charge on any atom is -0.423 e. The SMILES string of the molecule is CC(C)(C)[Si](C)(C)O[C@H]1CCCC2=CC(=O)O[C@@]21O. The lowest BCUT2D eigenvalue weighted by atomic mass is 9.87. The van der Waals surface area contributed by atoms with Crippen LogP contribution in [-0.4, -0.2) is 31.3 Å². The van der Waals surface area contributed by atoms with Crippen LogP contribution in [0.15, 0.2) is 11.6 Å². The van der Waals surface area contributed by atoms with Crippen LogP contribution in [0.5, 0.6) is 0 Å². The van der Waals surface area contributed by atoms with Crippen molar-refractivity contribution in [1.29, 1.82) is 0 Å². The summed E-state index contributed by atoms with van der Waals surface area (Å²) in [6.07, 6.45) is 3.35. The largest absolute Gasteiger partial charge is 0.423 e. The maximum atomic E-state index is 11.4. The molecule has 1 heterocycles. The number of ether oxygens (including phenoxy) is 1. The molecular weight excluding hydrogens is 260 g/mol. The second-order valence-corrected chi connectivity index (χ2v) is 11.8. The molecule has 19 heavy (non-hydrogen) atoms. The molecule has 4 nitrogen and oxygen atoms in total. The third-order valence-corrected chi connectivity index (χ3v) is 9.09. The van der Waals surface area contributed by atoms with Gasteiger partial charge in [-0.25, -0.2) is 4.79 Å². The van der Waals surface area contributed by atoms with Gasteiger partial charge in [0.1, 0.15) is 6.10 Å². The highest BCUT2D eigenvalue weighted by atomic mass is 28.4. The van der Waals surface area contributed by atoms with Gasteiger partial charge in [0.05, 0.1) is 0 Å². The molecule has 1 fully saturated rings. The van der Waals surface area contributed by atoms with Crippen molar-refractivity contribution in [3.8, 4) is 0 Å². The average Bonchev–Trinajstić information content (AvgIpc) is 2.52. The number of hydrogen-bond donors (Lipinski definition) is 1. The van der Waals surface area contributed by atoms with Crippen molar-refractivity contribution in [2.75, 3.05) is 0 Å². The third kappa shape index (κ3) is 2.51. The van der Waals surface area contributed by atoms with Crippen molar-refractivity contribution in [3.05, 3.63) is 11.6 Å². The molecule has 0 unspecified atom stereocenters. The van der Waals surface area contributed by atoms with Crippen LogP contribution in [0.1, 0.15) is 40.0 Å². The number of hydrogen-bond acceptors (Lipinski definition) is 4. The number of carbonyl (C=O) groups excluding carboxylic acids is 1.